The molecule has 0 heterocycles. The van der Waals surface area contributed by atoms with Crippen LogP contribution in [0.2, 0.25) is 0 Å². The normalized spacial score (nSPS) is 11.3. The molecule has 6 nitrogen and oxygen atoms in total. The highest BCUT2D eigenvalue weighted by Gasteiger charge is 2.02. The summed E-state index contributed by atoms with van der Waals surface area (Å²) < 4.78 is 5.09. The molecule has 104 valence electrons. The van der Waals surface area contributed by atoms with Crippen LogP contribution in [-0.4, -0.2) is 31.6 Å². The van der Waals surface area contributed by atoms with Crippen LogP contribution in [0.5, 0.6) is 5.75 Å². The van der Waals surface area contributed by atoms with E-state index in [0.29, 0.717) is 0 Å². The fraction of sp³-hybridized carbons (Fsp3) is 0.385. The number of nitrogens with two attached hydrogens (primary N) is 1. The summed E-state index contributed by atoms with van der Waals surface area (Å²) in [6, 6.07) is 7.37. The summed E-state index contributed by atoms with van der Waals surface area (Å²) in [5, 5.41) is 5.62. The van der Waals surface area contributed by atoms with Crippen LogP contribution in [0.4, 0.5) is 5.69 Å². The van der Waals surface area contributed by atoms with Gasteiger partial charge in [0.25, 0.3) is 0 Å². The number of guanidine groups is 1. The number of rotatable bonds is 5. The number of anilines is 1. The molecule has 1 rings (SSSR count). The minimum Gasteiger partial charge on any atom is -0.497 e. The van der Waals surface area contributed by atoms with Crippen molar-refractivity contribution in [2.24, 2.45) is 10.7 Å². The predicted octanol–water partition coefficient (Wildman–Crippen LogP) is 0.946. The summed E-state index contributed by atoms with van der Waals surface area (Å²) in [4.78, 5) is 15.3. The Balaban J connectivity index is 2.53. The second-order valence-corrected chi connectivity index (χ2v) is 4.28. The molecule has 0 saturated carbocycles. The molecule has 0 bridgehead atoms. The summed E-state index contributed by atoms with van der Waals surface area (Å²) in [7, 11) is 1.59. The molecule has 0 aliphatic heterocycles. The van der Waals surface area contributed by atoms with Crippen LogP contribution in [-0.2, 0) is 4.79 Å². The minimum atomic E-state index is -0.162. The van der Waals surface area contributed by atoms with E-state index in [0.717, 1.165) is 11.4 Å². The molecular formula is C13H20N4O2. The van der Waals surface area contributed by atoms with E-state index in [2.05, 4.69) is 15.6 Å². The quantitative estimate of drug-likeness (QED) is 0.545. The summed E-state index contributed by atoms with van der Waals surface area (Å²) in [5.41, 5.74) is 6.45. The number of ether oxygens (including phenoxy) is 1. The SMILES string of the molecule is COc1cccc(NC(N)=NCC(=O)NC(C)C)c1. The van der Waals surface area contributed by atoms with Gasteiger partial charge in [-0.15, -0.1) is 0 Å². The average molecular weight is 264 g/mol. The zero-order chi connectivity index (χ0) is 14.3. The first-order valence-corrected chi connectivity index (χ1v) is 6.01. The number of amides is 1. The van der Waals surface area contributed by atoms with E-state index < -0.39 is 0 Å². The first kappa shape index (κ1) is 14.8. The average Bonchev–Trinajstić information content (AvgIpc) is 2.36. The Kier molecular flexibility index (Phi) is 5.66. The molecule has 0 saturated heterocycles. The number of carbonyl (C=O) groups is 1. The van der Waals surface area contributed by atoms with E-state index >= 15 is 0 Å². The molecule has 4 N–H and O–H groups in total. The van der Waals surface area contributed by atoms with Gasteiger partial charge < -0.3 is 21.1 Å². The van der Waals surface area contributed by atoms with E-state index in [1.54, 1.807) is 13.2 Å². The summed E-state index contributed by atoms with van der Waals surface area (Å²) in [6.07, 6.45) is 0. The van der Waals surface area contributed by atoms with Crippen molar-refractivity contribution in [3.05, 3.63) is 24.3 Å². The van der Waals surface area contributed by atoms with Crippen molar-refractivity contribution in [2.75, 3.05) is 19.0 Å². The molecular weight excluding hydrogens is 244 g/mol. The Hall–Kier alpha value is -2.24. The van der Waals surface area contributed by atoms with Crippen molar-refractivity contribution in [3.63, 3.8) is 0 Å². The molecule has 0 aliphatic carbocycles. The molecule has 19 heavy (non-hydrogen) atoms. The van der Waals surface area contributed by atoms with Gasteiger partial charge in [0, 0.05) is 17.8 Å². The zero-order valence-corrected chi connectivity index (χ0v) is 11.4. The molecule has 0 radical (unpaired) electrons. The van der Waals surface area contributed by atoms with Crippen molar-refractivity contribution in [3.8, 4) is 5.75 Å². The highest BCUT2D eigenvalue weighted by molar-refractivity contribution is 5.94. The number of nitrogens with zero attached hydrogens (tertiary/aromatic N) is 1. The lowest BCUT2D eigenvalue weighted by Gasteiger charge is -2.08. The predicted molar refractivity (Wildman–Crippen MR) is 76.4 cm³/mol. The molecule has 6 heteroatoms. The lowest BCUT2D eigenvalue weighted by Crippen LogP contribution is -2.33. The van der Waals surface area contributed by atoms with Gasteiger partial charge in [0.2, 0.25) is 5.91 Å². The number of aliphatic imine (C=N–C) groups is 1. The Morgan fingerprint density at radius 2 is 2.21 bits per heavy atom. The molecule has 0 unspecified atom stereocenters. The van der Waals surface area contributed by atoms with Gasteiger partial charge in [-0.05, 0) is 26.0 Å². The van der Waals surface area contributed by atoms with Crippen LogP contribution in [0.1, 0.15) is 13.8 Å². The van der Waals surface area contributed by atoms with Crippen LogP contribution in [0.3, 0.4) is 0 Å². The Morgan fingerprint density at radius 1 is 1.47 bits per heavy atom. The molecule has 1 aromatic carbocycles. The maximum Gasteiger partial charge on any atom is 0.242 e. The van der Waals surface area contributed by atoms with Crippen LogP contribution >= 0.6 is 0 Å². The van der Waals surface area contributed by atoms with Crippen LogP contribution in [0.25, 0.3) is 0 Å². The molecule has 0 atom stereocenters. The highest BCUT2D eigenvalue weighted by Crippen LogP contribution is 2.16. The minimum absolute atomic E-state index is 0.000974. The largest absolute Gasteiger partial charge is 0.497 e. The lowest BCUT2D eigenvalue weighted by molar-refractivity contribution is -0.120. The van der Waals surface area contributed by atoms with Gasteiger partial charge >= 0.3 is 0 Å². The lowest BCUT2D eigenvalue weighted by atomic mass is 10.3. The molecule has 1 aromatic rings. The van der Waals surface area contributed by atoms with Gasteiger partial charge in [-0.2, -0.15) is 0 Å². The molecule has 0 spiro atoms. The van der Waals surface area contributed by atoms with Crippen molar-refractivity contribution in [1.29, 1.82) is 0 Å². The first-order valence-electron chi connectivity index (χ1n) is 6.01. The van der Waals surface area contributed by atoms with Crippen LogP contribution in [0, 0.1) is 0 Å². The van der Waals surface area contributed by atoms with E-state index in [9.17, 15) is 4.79 Å². The zero-order valence-electron chi connectivity index (χ0n) is 11.4. The Bertz CT molecular complexity index is 458. The van der Waals surface area contributed by atoms with Crippen LogP contribution in [0.15, 0.2) is 29.3 Å². The van der Waals surface area contributed by atoms with Crippen molar-refractivity contribution in [2.45, 2.75) is 19.9 Å². The number of methoxy groups -OCH3 is 1. The fourth-order valence-corrected chi connectivity index (χ4v) is 1.41. The maximum atomic E-state index is 11.4. The van der Waals surface area contributed by atoms with Gasteiger partial charge in [-0.25, -0.2) is 4.99 Å². The number of hydrogen-bond acceptors (Lipinski definition) is 3. The number of benzene rings is 1. The highest BCUT2D eigenvalue weighted by atomic mass is 16.5. The maximum absolute atomic E-state index is 11.4. The molecule has 1 amide bonds. The van der Waals surface area contributed by atoms with Crippen molar-refractivity contribution < 1.29 is 9.53 Å². The standard InChI is InChI=1S/C13H20N4O2/c1-9(2)16-12(18)8-15-13(14)17-10-5-4-6-11(7-10)19-3/h4-7,9H,8H2,1-3H3,(H,16,18)(H3,14,15,17). The third-order valence-electron chi connectivity index (χ3n) is 2.18. The molecule has 0 fully saturated rings. The van der Waals surface area contributed by atoms with Gasteiger partial charge in [0.15, 0.2) is 5.96 Å². The van der Waals surface area contributed by atoms with Gasteiger partial charge in [0.1, 0.15) is 12.3 Å². The van der Waals surface area contributed by atoms with E-state index in [1.807, 2.05) is 32.0 Å². The monoisotopic (exact) mass is 264 g/mol. The number of carbonyl (C=O) groups excluding carboxylic acids is 1. The van der Waals surface area contributed by atoms with Crippen molar-refractivity contribution in [1.82, 2.24) is 5.32 Å². The third kappa shape index (κ3) is 5.76. The fourth-order valence-electron chi connectivity index (χ4n) is 1.41. The van der Waals surface area contributed by atoms with Gasteiger partial charge in [-0.1, -0.05) is 6.07 Å². The Labute approximate surface area is 113 Å². The van der Waals surface area contributed by atoms with Crippen molar-refractivity contribution >= 4 is 17.6 Å². The first-order chi connectivity index (χ1) is 9.01. The third-order valence-corrected chi connectivity index (χ3v) is 2.18. The summed E-state index contributed by atoms with van der Waals surface area (Å²) in [6.45, 7) is 3.78. The summed E-state index contributed by atoms with van der Waals surface area (Å²) >= 11 is 0. The van der Waals surface area contributed by atoms with E-state index in [-0.39, 0.29) is 24.5 Å². The number of hydrogen-bond donors (Lipinski definition) is 3. The summed E-state index contributed by atoms with van der Waals surface area (Å²) in [5.74, 6) is 0.743. The smallest absolute Gasteiger partial charge is 0.242 e. The molecule has 0 aliphatic rings. The topological polar surface area (TPSA) is 88.7 Å². The van der Waals surface area contributed by atoms with E-state index in [4.69, 9.17) is 10.5 Å². The molecule has 0 aromatic heterocycles. The second-order valence-electron chi connectivity index (χ2n) is 4.28. The Morgan fingerprint density at radius 3 is 2.84 bits per heavy atom. The second kappa shape index (κ2) is 7.25. The van der Waals surface area contributed by atoms with E-state index in [1.165, 1.54) is 0 Å². The van der Waals surface area contributed by atoms with Crippen LogP contribution < -0.4 is 21.1 Å². The number of nitrogens with one attached hydrogen (secondary N) is 2. The van der Waals surface area contributed by atoms with Gasteiger partial charge in [-0.3, -0.25) is 4.79 Å². The van der Waals surface area contributed by atoms with Gasteiger partial charge in [0.05, 0.1) is 7.11 Å².